The van der Waals surface area contributed by atoms with Crippen molar-refractivity contribution in [1.29, 1.82) is 0 Å². The number of nitrogens with one attached hydrogen (secondary N) is 1. The van der Waals surface area contributed by atoms with Crippen molar-refractivity contribution in [3.63, 3.8) is 0 Å². The second-order valence-electron chi connectivity index (χ2n) is 9.44. The van der Waals surface area contributed by atoms with Gasteiger partial charge < -0.3 is 14.8 Å². The molecule has 4 rings (SSSR count). The van der Waals surface area contributed by atoms with Crippen LogP contribution >= 0.6 is 0 Å². The lowest BCUT2D eigenvalue weighted by molar-refractivity contribution is -0.184. The molecule has 172 valence electrons. The predicted octanol–water partition coefficient (Wildman–Crippen LogP) is 5.48. The summed E-state index contributed by atoms with van der Waals surface area (Å²) in [6.07, 6.45) is 13.8. The first-order chi connectivity index (χ1) is 15.0. The number of ether oxygens (including phenoxy) is 2. The number of cyclic esters (lactones) is 2. The third kappa shape index (κ3) is 7.64. The first-order valence-corrected chi connectivity index (χ1v) is 12.2. The minimum Gasteiger partial charge on any atom is -0.424 e. The molecule has 3 fully saturated rings. The van der Waals surface area contributed by atoms with Gasteiger partial charge in [0.25, 0.3) is 6.29 Å². The predicted molar refractivity (Wildman–Crippen MR) is 121 cm³/mol. The summed E-state index contributed by atoms with van der Waals surface area (Å²) in [6, 6.07) is 11.3. The Bertz CT molecular complexity index is 664. The number of carbonyl (C=O) groups excluding carboxylic acids is 2. The van der Waals surface area contributed by atoms with E-state index in [2.05, 4.69) is 5.32 Å². The van der Waals surface area contributed by atoms with E-state index in [1.807, 2.05) is 37.3 Å². The molecule has 1 heterocycles. The van der Waals surface area contributed by atoms with Crippen molar-refractivity contribution < 1.29 is 19.1 Å². The second kappa shape index (κ2) is 12.2. The van der Waals surface area contributed by atoms with Crippen molar-refractivity contribution in [3.8, 4) is 0 Å². The molecule has 1 aromatic carbocycles. The SMILES string of the molecule is C1CCC(NC2CCCCC2)CC1.CC1CC(=O)OC(C(C)c2ccccc2)OC1=O. The smallest absolute Gasteiger partial charge is 0.312 e. The van der Waals surface area contributed by atoms with Crippen LogP contribution in [0.4, 0.5) is 0 Å². The highest BCUT2D eigenvalue weighted by Crippen LogP contribution is 2.26. The van der Waals surface area contributed by atoms with Crippen molar-refractivity contribution in [2.75, 3.05) is 0 Å². The van der Waals surface area contributed by atoms with Crippen LogP contribution in [0.25, 0.3) is 0 Å². The summed E-state index contributed by atoms with van der Waals surface area (Å²) in [5.74, 6) is -1.38. The van der Waals surface area contributed by atoms with Gasteiger partial charge in [0, 0.05) is 12.1 Å². The van der Waals surface area contributed by atoms with E-state index in [0.717, 1.165) is 17.6 Å². The summed E-state index contributed by atoms with van der Waals surface area (Å²) in [4.78, 5) is 23.2. The number of hydrogen-bond donors (Lipinski definition) is 1. The Morgan fingerprint density at radius 3 is 1.94 bits per heavy atom. The van der Waals surface area contributed by atoms with Crippen LogP contribution < -0.4 is 5.32 Å². The van der Waals surface area contributed by atoms with Crippen LogP contribution in [-0.2, 0) is 19.1 Å². The Morgan fingerprint density at radius 1 is 0.839 bits per heavy atom. The van der Waals surface area contributed by atoms with Gasteiger partial charge in [0.05, 0.1) is 18.3 Å². The third-order valence-electron chi connectivity index (χ3n) is 6.77. The molecule has 1 saturated heterocycles. The van der Waals surface area contributed by atoms with Gasteiger partial charge >= 0.3 is 11.9 Å². The van der Waals surface area contributed by atoms with Gasteiger partial charge in [0.15, 0.2) is 0 Å². The van der Waals surface area contributed by atoms with Crippen LogP contribution in [0.5, 0.6) is 0 Å². The van der Waals surface area contributed by atoms with Gasteiger partial charge in [-0.2, -0.15) is 0 Å². The summed E-state index contributed by atoms with van der Waals surface area (Å²) >= 11 is 0. The Balaban J connectivity index is 0.000000185. The van der Waals surface area contributed by atoms with Gasteiger partial charge in [0.1, 0.15) is 0 Å². The maximum absolute atomic E-state index is 11.7. The second-order valence-corrected chi connectivity index (χ2v) is 9.44. The lowest BCUT2D eigenvalue weighted by atomic mass is 9.91. The molecule has 0 spiro atoms. The zero-order valence-corrected chi connectivity index (χ0v) is 19.2. The van der Waals surface area contributed by atoms with Crippen LogP contribution in [0.3, 0.4) is 0 Å². The first-order valence-electron chi connectivity index (χ1n) is 12.2. The van der Waals surface area contributed by atoms with Gasteiger partial charge in [-0.25, -0.2) is 0 Å². The first kappa shape index (κ1) is 23.8. The average molecular weight is 430 g/mol. The van der Waals surface area contributed by atoms with E-state index in [4.69, 9.17) is 9.47 Å². The molecule has 0 aromatic heterocycles. The minimum atomic E-state index is -0.836. The molecule has 5 nitrogen and oxygen atoms in total. The van der Waals surface area contributed by atoms with Crippen molar-refractivity contribution >= 4 is 11.9 Å². The molecule has 3 aliphatic rings. The molecule has 31 heavy (non-hydrogen) atoms. The molecule has 0 radical (unpaired) electrons. The molecular formula is C26H39NO4. The third-order valence-corrected chi connectivity index (χ3v) is 6.77. The normalized spacial score (nSPS) is 26.6. The highest BCUT2D eigenvalue weighted by Gasteiger charge is 2.33. The standard InChI is InChI=1S/C14H16O4.C12H23N/c1-9-8-12(15)17-14(18-13(9)16)10(2)11-6-4-3-5-7-11;1-3-7-11(8-4-1)13-12-9-5-2-6-10-12/h3-7,9-10,14H,8H2,1-2H3;11-13H,1-10H2. The number of carbonyl (C=O) groups is 2. The van der Waals surface area contributed by atoms with E-state index in [0.29, 0.717) is 0 Å². The molecule has 5 heteroatoms. The summed E-state index contributed by atoms with van der Waals surface area (Å²) in [5.41, 5.74) is 0.970. The number of hydrogen-bond acceptors (Lipinski definition) is 5. The molecule has 3 atom stereocenters. The highest BCUT2D eigenvalue weighted by atomic mass is 16.7. The lowest BCUT2D eigenvalue weighted by Crippen LogP contribution is -2.40. The van der Waals surface area contributed by atoms with Crippen LogP contribution in [0.2, 0.25) is 0 Å². The largest absolute Gasteiger partial charge is 0.424 e. The van der Waals surface area contributed by atoms with E-state index >= 15 is 0 Å². The molecule has 0 bridgehead atoms. The van der Waals surface area contributed by atoms with Crippen LogP contribution in [0.15, 0.2) is 30.3 Å². The average Bonchev–Trinajstić information content (AvgIpc) is 2.93. The zero-order chi connectivity index (χ0) is 22.1. The van der Waals surface area contributed by atoms with Crippen molar-refractivity contribution in [1.82, 2.24) is 5.32 Å². The van der Waals surface area contributed by atoms with E-state index in [-0.39, 0.29) is 24.3 Å². The van der Waals surface area contributed by atoms with Crippen LogP contribution in [0.1, 0.15) is 96.0 Å². The van der Waals surface area contributed by atoms with E-state index < -0.39 is 12.2 Å². The van der Waals surface area contributed by atoms with Gasteiger partial charge in [-0.15, -0.1) is 0 Å². The molecule has 3 unspecified atom stereocenters. The topological polar surface area (TPSA) is 64.6 Å². The summed E-state index contributed by atoms with van der Waals surface area (Å²) in [7, 11) is 0. The minimum absolute atomic E-state index is 0.0802. The Kier molecular flexibility index (Phi) is 9.38. The summed E-state index contributed by atoms with van der Waals surface area (Å²) < 4.78 is 10.4. The summed E-state index contributed by atoms with van der Waals surface area (Å²) in [5, 5.41) is 3.86. The van der Waals surface area contributed by atoms with Crippen molar-refractivity contribution in [2.24, 2.45) is 5.92 Å². The Hall–Kier alpha value is -1.88. The number of rotatable bonds is 4. The maximum Gasteiger partial charge on any atom is 0.312 e. The fraction of sp³-hybridized carbons (Fsp3) is 0.692. The zero-order valence-electron chi connectivity index (χ0n) is 19.2. The van der Waals surface area contributed by atoms with Gasteiger partial charge in [-0.1, -0.05) is 82.7 Å². The Morgan fingerprint density at radius 2 is 1.39 bits per heavy atom. The van der Waals surface area contributed by atoms with Gasteiger partial charge in [-0.05, 0) is 31.2 Å². The lowest BCUT2D eigenvalue weighted by Gasteiger charge is -2.30. The monoisotopic (exact) mass is 429 g/mol. The molecular weight excluding hydrogens is 390 g/mol. The van der Waals surface area contributed by atoms with E-state index in [9.17, 15) is 9.59 Å². The number of benzene rings is 1. The van der Waals surface area contributed by atoms with Crippen LogP contribution in [0, 0.1) is 5.92 Å². The number of esters is 2. The van der Waals surface area contributed by atoms with Crippen molar-refractivity contribution in [2.45, 2.75) is 109 Å². The molecule has 2 aliphatic carbocycles. The highest BCUT2D eigenvalue weighted by molar-refractivity contribution is 5.81. The fourth-order valence-electron chi connectivity index (χ4n) is 4.76. The fourth-order valence-corrected chi connectivity index (χ4v) is 4.76. The Labute approximate surface area is 187 Å². The molecule has 1 N–H and O–H groups in total. The molecule has 2 saturated carbocycles. The summed E-state index contributed by atoms with van der Waals surface area (Å²) in [6.45, 7) is 3.54. The molecule has 1 aliphatic heterocycles. The molecule has 0 amide bonds. The van der Waals surface area contributed by atoms with E-state index in [1.165, 1.54) is 64.2 Å². The van der Waals surface area contributed by atoms with Crippen molar-refractivity contribution in [3.05, 3.63) is 35.9 Å². The quantitative estimate of drug-likeness (QED) is 0.642. The van der Waals surface area contributed by atoms with Gasteiger partial charge in [-0.3, -0.25) is 9.59 Å². The maximum atomic E-state index is 11.7. The van der Waals surface area contributed by atoms with Gasteiger partial charge in [0.2, 0.25) is 0 Å². The van der Waals surface area contributed by atoms with Crippen LogP contribution in [-0.4, -0.2) is 30.3 Å². The molecule has 1 aromatic rings. The van der Waals surface area contributed by atoms with E-state index in [1.54, 1.807) is 6.92 Å².